The highest BCUT2D eigenvalue weighted by Gasteiger charge is 2.26. The second-order valence-electron chi connectivity index (χ2n) is 5.19. The van der Waals surface area contributed by atoms with Gasteiger partial charge in [-0.2, -0.15) is 0 Å². The first-order chi connectivity index (χ1) is 7.80. The largest absolute Gasteiger partial charge is 0.351 e. The van der Waals surface area contributed by atoms with Gasteiger partial charge in [0.05, 0.1) is 6.04 Å². The fraction of sp³-hybridized carbons (Fsp3) is 0.462. The molecule has 4 heteroatoms. The summed E-state index contributed by atoms with van der Waals surface area (Å²) in [5.41, 5.74) is 6.24. The van der Waals surface area contributed by atoms with Gasteiger partial charge in [0, 0.05) is 6.54 Å². The van der Waals surface area contributed by atoms with E-state index in [0.29, 0.717) is 6.54 Å². The Balaban J connectivity index is 2.54. The first-order valence-corrected chi connectivity index (χ1v) is 5.58. The zero-order valence-electron chi connectivity index (χ0n) is 10.5. The van der Waals surface area contributed by atoms with Crippen molar-refractivity contribution in [3.05, 3.63) is 35.6 Å². The number of carbonyl (C=O) groups excluding carboxylic acids is 1. The maximum Gasteiger partial charge on any atom is 0.237 e. The molecule has 0 spiro atoms. The van der Waals surface area contributed by atoms with Crippen molar-refractivity contribution in [3.8, 4) is 0 Å². The van der Waals surface area contributed by atoms with Crippen LogP contribution in [0.1, 0.15) is 26.3 Å². The second-order valence-corrected chi connectivity index (χ2v) is 5.19. The summed E-state index contributed by atoms with van der Waals surface area (Å²) >= 11 is 0. The van der Waals surface area contributed by atoms with Gasteiger partial charge in [-0.3, -0.25) is 4.79 Å². The van der Waals surface area contributed by atoms with E-state index in [4.69, 9.17) is 5.73 Å². The average molecular weight is 238 g/mol. The van der Waals surface area contributed by atoms with Gasteiger partial charge < -0.3 is 11.1 Å². The number of carbonyl (C=O) groups is 1. The second kappa shape index (κ2) is 5.27. The van der Waals surface area contributed by atoms with Crippen LogP contribution in [0.25, 0.3) is 0 Å². The molecular weight excluding hydrogens is 219 g/mol. The third kappa shape index (κ3) is 4.15. The SMILES string of the molecule is CC(C)(C)[C@H](N)C(=O)NCc1cccc(F)c1. The molecule has 0 aliphatic carbocycles. The lowest BCUT2D eigenvalue weighted by Crippen LogP contribution is -2.48. The maximum absolute atomic E-state index is 12.9. The third-order valence-electron chi connectivity index (χ3n) is 2.57. The van der Waals surface area contributed by atoms with E-state index in [2.05, 4.69) is 5.32 Å². The molecule has 0 radical (unpaired) electrons. The Kier molecular flexibility index (Phi) is 4.23. The molecule has 0 saturated heterocycles. The monoisotopic (exact) mass is 238 g/mol. The lowest BCUT2D eigenvalue weighted by atomic mass is 9.87. The molecule has 0 fully saturated rings. The maximum atomic E-state index is 12.9. The van der Waals surface area contributed by atoms with Crippen molar-refractivity contribution in [1.29, 1.82) is 0 Å². The minimum Gasteiger partial charge on any atom is -0.351 e. The standard InChI is InChI=1S/C13H19FN2O/c1-13(2,3)11(15)12(17)16-8-9-5-4-6-10(14)7-9/h4-7,11H,8,15H2,1-3H3,(H,16,17)/t11-/m1/s1. The van der Waals surface area contributed by atoms with Gasteiger partial charge in [0.1, 0.15) is 5.82 Å². The van der Waals surface area contributed by atoms with E-state index in [1.165, 1.54) is 12.1 Å². The smallest absolute Gasteiger partial charge is 0.237 e. The minimum absolute atomic E-state index is 0.221. The fourth-order valence-electron chi connectivity index (χ4n) is 1.34. The summed E-state index contributed by atoms with van der Waals surface area (Å²) in [6.07, 6.45) is 0. The molecular formula is C13H19FN2O. The Morgan fingerprint density at radius 1 is 1.47 bits per heavy atom. The van der Waals surface area contributed by atoms with E-state index >= 15 is 0 Å². The topological polar surface area (TPSA) is 55.1 Å². The third-order valence-corrected chi connectivity index (χ3v) is 2.57. The molecule has 0 heterocycles. The van der Waals surface area contributed by atoms with Crippen molar-refractivity contribution < 1.29 is 9.18 Å². The van der Waals surface area contributed by atoms with Crippen molar-refractivity contribution in [2.75, 3.05) is 0 Å². The summed E-state index contributed by atoms with van der Waals surface area (Å²) in [5.74, 6) is -0.529. The Morgan fingerprint density at radius 3 is 2.65 bits per heavy atom. The van der Waals surface area contributed by atoms with Crippen LogP contribution in [0.2, 0.25) is 0 Å². The van der Waals surface area contributed by atoms with E-state index in [1.807, 2.05) is 20.8 Å². The number of hydrogen-bond donors (Lipinski definition) is 2. The Morgan fingerprint density at radius 2 is 2.12 bits per heavy atom. The van der Waals surface area contributed by atoms with Crippen LogP contribution < -0.4 is 11.1 Å². The molecule has 94 valence electrons. The molecule has 1 aromatic carbocycles. The molecule has 0 bridgehead atoms. The van der Waals surface area contributed by atoms with Crippen molar-refractivity contribution in [1.82, 2.24) is 5.32 Å². The van der Waals surface area contributed by atoms with Gasteiger partial charge in [-0.05, 0) is 23.1 Å². The zero-order valence-corrected chi connectivity index (χ0v) is 10.5. The summed E-state index contributed by atoms with van der Waals surface area (Å²) in [6, 6.07) is 5.55. The summed E-state index contributed by atoms with van der Waals surface area (Å²) in [7, 11) is 0. The van der Waals surface area contributed by atoms with Crippen LogP contribution in [-0.2, 0) is 11.3 Å². The van der Waals surface area contributed by atoms with E-state index in [9.17, 15) is 9.18 Å². The van der Waals surface area contributed by atoms with Gasteiger partial charge in [0.15, 0.2) is 0 Å². The molecule has 3 nitrogen and oxygen atoms in total. The minimum atomic E-state index is -0.573. The van der Waals surface area contributed by atoms with Crippen LogP contribution in [-0.4, -0.2) is 11.9 Å². The molecule has 1 aromatic rings. The lowest BCUT2D eigenvalue weighted by Gasteiger charge is -2.25. The number of rotatable bonds is 3. The molecule has 0 unspecified atom stereocenters. The molecule has 1 rings (SSSR count). The van der Waals surface area contributed by atoms with Gasteiger partial charge in [0.25, 0.3) is 0 Å². The lowest BCUT2D eigenvalue weighted by molar-refractivity contribution is -0.124. The van der Waals surface area contributed by atoms with E-state index in [0.717, 1.165) is 5.56 Å². The van der Waals surface area contributed by atoms with Crippen molar-refractivity contribution in [2.45, 2.75) is 33.4 Å². The van der Waals surface area contributed by atoms with Crippen LogP contribution in [0.3, 0.4) is 0 Å². The predicted octanol–water partition coefficient (Wildman–Crippen LogP) is 1.82. The summed E-state index contributed by atoms with van der Waals surface area (Å²) in [6.45, 7) is 6.00. The first kappa shape index (κ1) is 13.6. The van der Waals surface area contributed by atoms with Crippen LogP contribution >= 0.6 is 0 Å². The van der Waals surface area contributed by atoms with Crippen LogP contribution in [0, 0.1) is 11.2 Å². The van der Waals surface area contributed by atoms with Gasteiger partial charge in [-0.25, -0.2) is 4.39 Å². The number of amides is 1. The molecule has 0 saturated carbocycles. The van der Waals surface area contributed by atoms with E-state index in [-0.39, 0.29) is 17.1 Å². The molecule has 17 heavy (non-hydrogen) atoms. The Hall–Kier alpha value is -1.42. The highest BCUT2D eigenvalue weighted by molar-refractivity contribution is 5.82. The normalized spacial score (nSPS) is 13.2. The Bertz CT molecular complexity index is 399. The fourth-order valence-corrected chi connectivity index (χ4v) is 1.34. The predicted molar refractivity (Wildman–Crippen MR) is 65.7 cm³/mol. The Labute approximate surface area is 101 Å². The molecule has 0 aliphatic rings. The quantitative estimate of drug-likeness (QED) is 0.844. The summed E-state index contributed by atoms with van der Waals surface area (Å²) in [5, 5.41) is 2.70. The highest BCUT2D eigenvalue weighted by Crippen LogP contribution is 2.17. The van der Waals surface area contributed by atoms with Gasteiger partial charge >= 0.3 is 0 Å². The first-order valence-electron chi connectivity index (χ1n) is 5.58. The number of benzene rings is 1. The summed E-state index contributed by atoms with van der Waals surface area (Å²) in [4.78, 5) is 11.7. The zero-order chi connectivity index (χ0) is 13.1. The van der Waals surface area contributed by atoms with Gasteiger partial charge in [0.2, 0.25) is 5.91 Å². The molecule has 0 aromatic heterocycles. The van der Waals surface area contributed by atoms with Crippen molar-refractivity contribution in [3.63, 3.8) is 0 Å². The molecule has 3 N–H and O–H groups in total. The van der Waals surface area contributed by atoms with E-state index < -0.39 is 6.04 Å². The van der Waals surface area contributed by atoms with E-state index in [1.54, 1.807) is 12.1 Å². The van der Waals surface area contributed by atoms with Crippen molar-refractivity contribution in [2.24, 2.45) is 11.1 Å². The highest BCUT2D eigenvalue weighted by atomic mass is 19.1. The molecule has 1 amide bonds. The average Bonchev–Trinajstić information content (AvgIpc) is 2.23. The number of nitrogens with one attached hydrogen (secondary N) is 1. The number of nitrogens with two attached hydrogens (primary N) is 1. The van der Waals surface area contributed by atoms with Crippen LogP contribution in [0.5, 0.6) is 0 Å². The number of halogens is 1. The van der Waals surface area contributed by atoms with Crippen molar-refractivity contribution >= 4 is 5.91 Å². The molecule has 0 aliphatic heterocycles. The van der Waals surface area contributed by atoms with Gasteiger partial charge in [-0.15, -0.1) is 0 Å². The van der Waals surface area contributed by atoms with Gasteiger partial charge in [-0.1, -0.05) is 32.9 Å². The van der Waals surface area contributed by atoms with Crippen LogP contribution in [0.4, 0.5) is 4.39 Å². The summed E-state index contributed by atoms with van der Waals surface area (Å²) < 4.78 is 12.9. The van der Waals surface area contributed by atoms with Crippen LogP contribution in [0.15, 0.2) is 24.3 Å². The molecule has 1 atom stereocenters. The number of hydrogen-bond acceptors (Lipinski definition) is 2.